The van der Waals surface area contributed by atoms with Crippen LogP contribution < -0.4 is 0 Å². The Bertz CT molecular complexity index is 1630. The lowest BCUT2D eigenvalue weighted by Crippen LogP contribution is -2.02. The van der Waals surface area contributed by atoms with Crippen LogP contribution in [0.4, 0.5) is 0 Å². The van der Waals surface area contributed by atoms with Crippen LogP contribution in [0.5, 0.6) is 0 Å². The number of fused-ring (bicyclic) bond motifs is 1. The third-order valence-electron chi connectivity index (χ3n) is 6.34. The van der Waals surface area contributed by atoms with Gasteiger partial charge in [-0.3, -0.25) is 9.55 Å². The lowest BCUT2D eigenvalue weighted by atomic mass is 10.0. The Kier molecular flexibility index (Phi) is 5.19. The van der Waals surface area contributed by atoms with Gasteiger partial charge >= 0.3 is 0 Å². The largest absolute Gasteiger partial charge is 0.277 e. The molecule has 0 aliphatic carbocycles. The minimum absolute atomic E-state index is 0.835. The highest BCUT2D eigenvalue weighted by Crippen LogP contribution is 2.34. The monoisotopic (exact) mass is 452 g/mol. The average molecular weight is 453 g/mol. The van der Waals surface area contributed by atoms with E-state index in [1.165, 1.54) is 11.1 Å². The molecule has 0 spiro atoms. The molecule has 0 saturated heterocycles. The minimum Gasteiger partial charge on any atom is -0.277 e. The van der Waals surface area contributed by atoms with Gasteiger partial charge < -0.3 is 0 Å². The SMILES string of the molecule is Cc1cccc(C)c1-c1nc2ccc(-c3ccccc3)nc2n1-c1cccc(-c2ccccn2)c1. The Morgan fingerprint density at radius 2 is 1.34 bits per heavy atom. The number of aromatic nitrogens is 4. The quantitative estimate of drug-likeness (QED) is 0.279. The maximum absolute atomic E-state index is 5.11. The molecular weight excluding hydrogens is 428 g/mol. The zero-order valence-corrected chi connectivity index (χ0v) is 19.7. The first-order chi connectivity index (χ1) is 17.2. The molecule has 0 saturated carbocycles. The van der Waals surface area contributed by atoms with Crippen LogP contribution in [0.1, 0.15) is 11.1 Å². The van der Waals surface area contributed by atoms with E-state index in [4.69, 9.17) is 9.97 Å². The highest BCUT2D eigenvalue weighted by atomic mass is 15.1. The predicted molar refractivity (Wildman–Crippen MR) is 142 cm³/mol. The summed E-state index contributed by atoms with van der Waals surface area (Å²) in [6, 6.07) is 35.2. The fourth-order valence-corrected chi connectivity index (χ4v) is 4.64. The molecule has 6 aromatic rings. The second kappa shape index (κ2) is 8.65. The molecule has 3 heterocycles. The molecule has 0 radical (unpaired) electrons. The summed E-state index contributed by atoms with van der Waals surface area (Å²) in [6.07, 6.45) is 1.82. The molecule has 6 rings (SSSR count). The van der Waals surface area contributed by atoms with Crippen molar-refractivity contribution in [3.63, 3.8) is 0 Å². The molecule has 0 aliphatic heterocycles. The second-order valence-electron chi connectivity index (χ2n) is 8.71. The number of nitrogens with zero attached hydrogens (tertiary/aromatic N) is 4. The highest BCUT2D eigenvalue weighted by molar-refractivity contribution is 5.84. The zero-order valence-electron chi connectivity index (χ0n) is 19.7. The van der Waals surface area contributed by atoms with Crippen molar-refractivity contribution in [3.8, 4) is 39.6 Å². The Morgan fingerprint density at radius 1 is 0.600 bits per heavy atom. The van der Waals surface area contributed by atoms with Gasteiger partial charge in [0, 0.05) is 28.6 Å². The molecule has 3 aromatic carbocycles. The lowest BCUT2D eigenvalue weighted by Gasteiger charge is -2.14. The fourth-order valence-electron chi connectivity index (χ4n) is 4.64. The molecule has 0 atom stereocenters. The van der Waals surface area contributed by atoms with Crippen LogP contribution in [0.15, 0.2) is 109 Å². The third-order valence-corrected chi connectivity index (χ3v) is 6.34. The molecule has 0 amide bonds. The van der Waals surface area contributed by atoms with E-state index in [0.29, 0.717) is 0 Å². The number of rotatable bonds is 4. The molecule has 0 aliphatic rings. The van der Waals surface area contributed by atoms with E-state index in [9.17, 15) is 0 Å². The van der Waals surface area contributed by atoms with Crippen LogP contribution >= 0.6 is 0 Å². The maximum atomic E-state index is 5.11. The van der Waals surface area contributed by atoms with Crippen molar-refractivity contribution in [2.24, 2.45) is 0 Å². The zero-order chi connectivity index (χ0) is 23.8. The number of aryl methyl sites for hydroxylation is 2. The van der Waals surface area contributed by atoms with E-state index in [1.807, 2.05) is 48.7 Å². The van der Waals surface area contributed by atoms with E-state index in [1.54, 1.807) is 0 Å². The Hall–Kier alpha value is -4.57. The Morgan fingerprint density at radius 3 is 2.11 bits per heavy atom. The van der Waals surface area contributed by atoms with Crippen LogP contribution in [-0.4, -0.2) is 19.5 Å². The molecule has 0 unspecified atom stereocenters. The first-order valence-electron chi connectivity index (χ1n) is 11.7. The molecule has 0 bridgehead atoms. The molecule has 4 nitrogen and oxygen atoms in total. The molecular formula is C31H24N4. The molecule has 4 heteroatoms. The van der Waals surface area contributed by atoms with Gasteiger partial charge in [-0.05, 0) is 61.4 Å². The molecule has 3 aromatic heterocycles. The summed E-state index contributed by atoms with van der Waals surface area (Å²) in [4.78, 5) is 14.8. The normalized spacial score (nSPS) is 11.1. The van der Waals surface area contributed by atoms with Gasteiger partial charge in [-0.2, -0.15) is 0 Å². The first kappa shape index (κ1) is 21.0. The summed E-state index contributed by atoms with van der Waals surface area (Å²) in [5.74, 6) is 0.895. The summed E-state index contributed by atoms with van der Waals surface area (Å²) in [5.41, 5.74) is 10.2. The van der Waals surface area contributed by atoms with E-state index < -0.39 is 0 Å². The van der Waals surface area contributed by atoms with E-state index in [0.717, 1.165) is 50.8 Å². The van der Waals surface area contributed by atoms with Gasteiger partial charge in [-0.15, -0.1) is 0 Å². The topological polar surface area (TPSA) is 43.6 Å². The minimum atomic E-state index is 0.835. The van der Waals surface area contributed by atoms with Crippen molar-refractivity contribution in [1.29, 1.82) is 0 Å². The standard InChI is InChI=1S/C31H24N4/c1-21-10-8-11-22(2)29(21)31-34-28-18-17-27(23-12-4-3-5-13-23)33-30(28)35(31)25-15-9-14-24(20-25)26-16-6-7-19-32-26/h3-20H,1-2H3. The summed E-state index contributed by atoms with van der Waals surface area (Å²) in [5, 5.41) is 0. The summed E-state index contributed by atoms with van der Waals surface area (Å²) >= 11 is 0. The van der Waals surface area contributed by atoms with E-state index >= 15 is 0 Å². The van der Waals surface area contributed by atoms with Crippen molar-refractivity contribution in [2.75, 3.05) is 0 Å². The van der Waals surface area contributed by atoms with Crippen LogP contribution in [-0.2, 0) is 0 Å². The highest BCUT2D eigenvalue weighted by Gasteiger charge is 2.19. The summed E-state index contributed by atoms with van der Waals surface area (Å²) < 4.78 is 2.18. The number of benzene rings is 3. The second-order valence-corrected chi connectivity index (χ2v) is 8.71. The van der Waals surface area contributed by atoms with Crippen LogP contribution in [0.3, 0.4) is 0 Å². The van der Waals surface area contributed by atoms with E-state index in [2.05, 4.69) is 84.1 Å². The van der Waals surface area contributed by atoms with Crippen molar-refractivity contribution in [3.05, 3.63) is 120 Å². The van der Waals surface area contributed by atoms with E-state index in [-0.39, 0.29) is 0 Å². The van der Waals surface area contributed by atoms with Gasteiger partial charge in [0.25, 0.3) is 0 Å². The number of pyridine rings is 2. The number of hydrogen-bond donors (Lipinski definition) is 0. The third kappa shape index (κ3) is 3.79. The average Bonchev–Trinajstić information content (AvgIpc) is 3.28. The Labute approximate surface area is 204 Å². The van der Waals surface area contributed by atoms with Crippen molar-refractivity contribution >= 4 is 11.2 Å². The van der Waals surface area contributed by atoms with Crippen LogP contribution in [0, 0.1) is 13.8 Å². The summed E-state index contributed by atoms with van der Waals surface area (Å²) in [6.45, 7) is 4.28. The van der Waals surface area contributed by atoms with Crippen molar-refractivity contribution < 1.29 is 0 Å². The van der Waals surface area contributed by atoms with Gasteiger partial charge in [0.05, 0.1) is 11.4 Å². The van der Waals surface area contributed by atoms with Gasteiger partial charge in [-0.1, -0.05) is 66.7 Å². The van der Waals surface area contributed by atoms with Gasteiger partial charge in [0.1, 0.15) is 11.3 Å². The van der Waals surface area contributed by atoms with Gasteiger partial charge in [-0.25, -0.2) is 9.97 Å². The molecule has 0 N–H and O–H groups in total. The predicted octanol–water partition coefficient (Wildman–Crippen LogP) is 7.43. The van der Waals surface area contributed by atoms with Crippen LogP contribution in [0.2, 0.25) is 0 Å². The smallest absolute Gasteiger partial charge is 0.165 e. The van der Waals surface area contributed by atoms with Crippen molar-refractivity contribution in [1.82, 2.24) is 19.5 Å². The first-order valence-corrected chi connectivity index (χ1v) is 11.7. The van der Waals surface area contributed by atoms with Gasteiger partial charge in [0.15, 0.2) is 5.65 Å². The number of hydrogen-bond acceptors (Lipinski definition) is 3. The Balaban J connectivity index is 1.64. The molecule has 0 fully saturated rings. The molecule has 168 valence electrons. The van der Waals surface area contributed by atoms with Crippen molar-refractivity contribution in [2.45, 2.75) is 13.8 Å². The molecule has 35 heavy (non-hydrogen) atoms. The fraction of sp³-hybridized carbons (Fsp3) is 0.0645. The maximum Gasteiger partial charge on any atom is 0.165 e. The number of imidazole rings is 1. The van der Waals surface area contributed by atoms with Gasteiger partial charge in [0.2, 0.25) is 0 Å². The lowest BCUT2D eigenvalue weighted by molar-refractivity contribution is 1.07. The van der Waals surface area contributed by atoms with Crippen LogP contribution in [0.25, 0.3) is 50.8 Å². The summed E-state index contributed by atoms with van der Waals surface area (Å²) in [7, 11) is 0.